The summed E-state index contributed by atoms with van der Waals surface area (Å²) in [7, 11) is 4.61. The Labute approximate surface area is 116 Å². The molecule has 0 aliphatic carbocycles. The highest BCUT2D eigenvalue weighted by atomic mass is 16.5. The zero-order valence-electron chi connectivity index (χ0n) is 11.6. The third-order valence-electron chi connectivity index (χ3n) is 3.12. The molecule has 0 amide bonds. The first kappa shape index (κ1) is 14.0. The van der Waals surface area contributed by atoms with Crippen LogP contribution in [0.3, 0.4) is 0 Å². The Morgan fingerprint density at radius 3 is 2.30 bits per heavy atom. The lowest BCUT2D eigenvalue weighted by molar-refractivity contribution is -0.136. The van der Waals surface area contributed by atoms with Crippen LogP contribution in [-0.4, -0.2) is 32.4 Å². The highest BCUT2D eigenvalue weighted by Crippen LogP contribution is 2.44. The van der Waals surface area contributed by atoms with Crippen molar-refractivity contribution < 1.29 is 24.1 Å². The van der Waals surface area contributed by atoms with E-state index in [2.05, 4.69) is 0 Å². The van der Waals surface area contributed by atoms with Crippen molar-refractivity contribution in [1.29, 1.82) is 0 Å². The summed E-state index contributed by atoms with van der Waals surface area (Å²) in [6, 6.07) is 7.22. The molecule has 0 radical (unpaired) electrons. The third-order valence-corrected chi connectivity index (χ3v) is 3.12. The maximum atomic E-state index is 11.0. The second kappa shape index (κ2) is 5.69. The molecule has 0 saturated carbocycles. The number of carbonyl (C=O) groups is 1. The highest BCUT2D eigenvalue weighted by molar-refractivity contribution is 5.96. The number of methoxy groups -OCH3 is 3. The van der Waals surface area contributed by atoms with Crippen molar-refractivity contribution in [2.75, 3.05) is 21.3 Å². The average molecular weight is 276 g/mol. The van der Waals surface area contributed by atoms with Gasteiger partial charge < -0.3 is 19.3 Å². The number of carboxylic acid groups (broad SMARTS) is 1. The molecule has 106 valence electrons. The van der Waals surface area contributed by atoms with E-state index in [-0.39, 0.29) is 6.42 Å². The maximum Gasteiger partial charge on any atom is 0.307 e. The van der Waals surface area contributed by atoms with Crippen molar-refractivity contribution in [2.45, 2.75) is 6.42 Å². The summed E-state index contributed by atoms with van der Waals surface area (Å²) < 4.78 is 16.0. The first-order valence-electron chi connectivity index (χ1n) is 6.04. The monoisotopic (exact) mass is 276 g/mol. The molecule has 0 aliphatic rings. The van der Waals surface area contributed by atoms with E-state index in [0.717, 1.165) is 10.8 Å². The number of ether oxygens (including phenoxy) is 3. The lowest BCUT2D eigenvalue weighted by atomic mass is 10.0. The van der Waals surface area contributed by atoms with Crippen LogP contribution in [0.1, 0.15) is 5.56 Å². The number of benzene rings is 2. The largest absolute Gasteiger partial charge is 0.493 e. The van der Waals surface area contributed by atoms with Gasteiger partial charge in [0.25, 0.3) is 0 Å². The van der Waals surface area contributed by atoms with Gasteiger partial charge in [-0.3, -0.25) is 4.79 Å². The molecule has 0 bridgehead atoms. The van der Waals surface area contributed by atoms with Crippen molar-refractivity contribution in [2.24, 2.45) is 0 Å². The van der Waals surface area contributed by atoms with Crippen molar-refractivity contribution in [3.05, 3.63) is 29.8 Å². The fourth-order valence-corrected chi connectivity index (χ4v) is 2.28. The van der Waals surface area contributed by atoms with Gasteiger partial charge in [-0.2, -0.15) is 0 Å². The van der Waals surface area contributed by atoms with Crippen LogP contribution in [-0.2, 0) is 11.2 Å². The molecule has 0 saturated heterocycles. The van der Waals surface area contributed by atoms with Crippen molar-refractivity contribution in [1.82, 2.24) is 0 Å². The summed E-state index contributed by atoms with van der Waals surface area (Å²) in [5.41, 5.74) is 0.703. The smallest absolute Gasteiger partial charge is 0.307 e. The Bertz CT molecular complexity index is 648. The van der Waals surface area contributed by atoms with Gasteiger partial charge in [0.15, 0.2) is 11.5 Å². The molecule has 0 heterocycles. The molecular formula is C15H16O5. The highest BCUT2D eigenvalue weighted by Gasteiger charge is 2.17. The fourth-order valence-electron chi connectivity index (χ4n) is 2.28. The first-order chi connectivity index (χ1) is 9.62. The minimum atomic E-state index is -0.883. The average Bonchev–Trinajstić information content (AvgIpc) is 2.44. The number of aliphatic carboxylic acids is 1. The van der Waals surface area contributed by atoms with Gasteiger partial charge in [-0.05, 0) is 17.0 Å². The van der Waals surface area contributed by atoms with E-state index < -0.39 is 5.97 Å². The van der Waals surface area contributed by atoms with Gasteiger partial charge in [0.2, 0.25) is 5.75 Å². The molecule has 0 aromatic heterocycles. The van der Waals surface area contributed by atoms with E-state index in [0.29, 0.717) is 22.8 Å². The van der Waals surface area contributed by atoms with Gasteiger partial charge in [0.1, 0.15) is 0 Å². The second-order valence-electron chi connectivity index (χ2n) is 4.23. The minimum Gasteiger partial charge on any atom is -0.493 e. The Morgan fingerprint density at radius 2 is 1.75 bits per heavy atom. The zero-order valence-corrected chi connectivity index (χ0v) is 11.6. The number of rotatable bonds is 5. The van der Waals surface area contributed by atoms with Gasteiger partial charge in [0, 0.05) is 5.39 Å². The lowest BCUT2D eigenvalue weighted by Crippen LogP contribution is -2.02. The van der Waals surface area contributed by atoms with Gasteiger partial charge in [0.05, 0.1) is 27.8 Å². The fraction of sp³-hybridized carbons (Fsp3) is 0.267. The van der Waals surface area contributed by atoms with Crippen LogP contribution in [0.25, 0.3) is 10.8 Å². The molecule has 0 aliphatic heterocycles. The quantitative estimate of drug-likeness (QED) is 0.909. The normalized spacial score (nSPS) is 10.3. The first-order valence-corrected chi connectivity index (χ1v) is 6.04. The van der Waals surface area contributed by atoms with Gasteiger partial charge in [-0.1, -0.05) is 18.2 Å². The van der Waals surface area contributed by atoms with E-state index >= 15 is 0 Å². The van der Waals surface area contributed by atoms with Crippen LogP contribution in [0.5, 0.6) is 17.2 Å². The number of hydrogen-bond acceptors (Lipinski definition) is 4. The maximum absolute atomic E-state index is 11.0. The van der Waals surface area contributed by atoms with E-state index in [1.165, 1.54) is 14.2 Å². The molecule has 0 unspecified atom stereocenters. The zero-order chi connectivity index (χ0) is 14.7. The Hall–Kier alpha value is -2.43. The summed E-state index contributed by atoms with van der Waals surface area (Å²) in [5, 5.41) is 10.6. The summed E-state index contributed by atoms with van der Waals surface area (Å²) in [4.78, 5) is 11.0. The Kier molecular flexibility index (Phi) is 3.98. The van der Waals surface area contributed by atoms with Crippen LogP contribution >= 0.6 is 0 Å². The summed E-state index contributed by atoms with van der Waals surface area (Å²) in [6.07, 6.45) is -0.0595. The number of carboxylic acids is 1. The standard InChI is InChI=1S/C15H16O5/c1-18-12-8-11-9(7-13(16)17)5-4-6-10(11)14(19-2)15(12)20-3/h4-6,8H,7H2,1-3H3,(H,16,17). The van der Waals surface area contributed by atoms with Crippen LogP contribution in [0, 0.1) is 0 Å². The van der Waals surface area contributed by atoms with E-state index in [1.54, 1.807) is 25.3 Å². The Morgan fingerprint density at radius 1 is 1.05 bits per heavy atom. The summed E-state index contributed by atoms with van der Waals surface area (Å²) in [6.45, 7) is 0. The lowest BCUT2D eigenvalue weighted by Gasteiger charge is -2.16. The van der Waals surface area contributed by atoms with E-state index in [4.69, 9.17) is 19.3 Å². The molecule has 0 fully saturated rings. The van der Waals surface area contributed by atoms with Gasteiger partial charge in [-0.25, -0.2) is 0 Å². The number of fused-ring (bicyclic) bond motifs is 1. The summed E-state index contributed by atoms with van der Waals surface area (Å²) >= 11 is 0. The third kappa shape index (κ3) is 2.34. The van der Waals surface area contributed by atoms with Crippen LogP contribution in [0.2, 0.25) is 0 Å². The molecule has 20 heavy (non-hydrogen) atoms. The number of hydrogen-bond donors (Lipinski definition) is 1. The van der Waals surface area contributed by atoms with Crippen LogP contribution in [0.15, 0.2) is 24.3 Å². The molecule has 5 heteroatoms. The molecular weight excluding hydrogens is 260 g/mol. The predicted molar refractivity (Wildman–Crippen MR) is 74.9 cm³/mol. The summed E-state index contributed by atoms with van der Waals surface area (Å²) in [5.74, 6) is 0.657. The molecule has 0 spiro atoms. The van der Waals surface area contributed by atoms with Crippen molar-refractivity contribution >= 4 is 16.7 Å². The molecule has 1 N–H and O–H groups in total. The molecule has 0 atom stereocenters. The minimum absolute atomic E-state index is 0.0595. The van der Waals surface area contributed by atoms with Gasteiger partial charge >= 0.3 is 5.97 Å². The van der Waals surface area contributed by atoms with E-state index in [9.17, 15) is 4.79 Å². The Balaban J connectivity index is 2.79. The molecule has 5 nitrogen and oxygen atoms in total. The molecule has 2 aromatic carbocycles. The topological polar surface area (TPSA) is 65.0 Å². The van der Waals surface area contributed by atoms with Crippen molar-refractivity contribution in [3.63, 3.8) is 0 Å². The van der Waals surface area contributed by atoms with Gasteiger partial charge in [-0.15, -0.1) is 0 Å². The predicted octanol–water partition coefficient (Wildman–Crippen LogP) is 2.49. The van der Waals surface area contributed by atoms with Crippen LogP contribution < -0.4 is 14.2 Å². The SMILES string of the molecule is COc1cc2c(CC(=O)O)cccc2c(OC)c1OC. The van der Waals surface area contributed by atoms with E-state index in [1.807, 2.05) is 6.07 Å². The van der Waals surface area contributed by atoms with Crippen LogP contribution in [0.4, 0.5) is 0 Å². The molecule has 2 rings (SSSR count). The molecule has 2 aromatic rings. The van der Waals surface area contributed by atoms with Crippen molar-refractivity contribution in [3.8, 4) is 17.2 Å². The second-order valence-corrected chi connectivity index (χ2v) is 4.23.